The average molecular weight is 278 g/mol. The number of hydrogen-bond acceptors (Lipinski definition) is 4. The zero-order valence-electron chi connectivity index (χ0n) is 12.3. The molecule has 0 atom stereocenters. The molecule has 1 aromatic rings. The van der Waals surface area contributed by atoms with Gasteiger partial charge in [0.1, 0.15) is 11.5 Å². The Hall–Kier alpha value is -1.75. The van der Waals surface area contributed by atoms with Crippen LogP contribution in [0.15, 0.2) is 18.2 Å². The monoisotopic (exact) mass is 278 g/mol. The Balaban J connectivity index is 2.14. The fraction of sp³-hybridized carbons (Fsp3) is 0.533. The fourth-order valence-corrected chi connectivity index (χ4v) is 2.55. The number of carbonyl (C=O) groups excluding carboxylic acids is 1. The SMILES string of the molecule is COc1ccc(O)c(C(=O)N(C)C2CCN(C)CC2)c1. The van der Waals surface area contributed by atoms with Crippen molar-refractivity contribution in [3.8, 4) is 11.5 Å². The molecule has 1 N–H and O–H groups in total. The molecular weight excluding hydrogens is 256 g/mol. The van der Waals surface area contributed by atoms with Gasteiger partial charge in [0, 0.05) is 13.1 Å². The minimum absolute atomic E-state index is 0.00409. The Morgan fingerprint density at radius 1 is 1.40 bits per heavy atom. The van der Waals surface area contributed by atoms with Gasteiger partial charge in [-0.25, -0.2) is 0 Å². The van der Waals surface area contributed by atoms with Crippen LogP contribution in [0.1, 0.15) is 23.2 Å². The maximum Gasteiger partial charge on any atom is 0.257 e. The van der Waals surface area contributed by atoms with Gasteiger partial charge < -0.3 is 19.6 Å². The molecule has 2 rings (SSSR count). The molecule has 0 aromatic heterocycles. The van der Waals surface area contributed by atoms with E-state index in [4.69, 9.17) is 4.74 Å². The molecule has 5 nitrogen and oxygen atoms in total. The van der Waals surface area contributed by atoms with Crippen molar-refractivity contribution in [2.45, 2.75) is 18.9 Å². The topological polar surface area (TPSA) is 53.0 Å². The number of phenols is 1. The van der Waals surface area contributed by atoms with E-state index in [1.807, 2.05) is 0 Å². The average Bonchev–Trinajstić information content (AvgIpc) is 2.47. The largest absolute Gasteiger partial charge is 0.507 e. The second kappa shape index (κ2) is 6.13. The second-order valence-corrected chi connectivity index (χ2v) is 5.33. The van der Waals surface area contributed by atoms with Gasteiger partial charge in [0.2, 0.25) is 0 Å². The van der Waals surface area contributed by atoms with Crippen LogP contribution in [0.4, 0.5) is 0 Å². The van der Waals surface area contributed by atoms with Crippen LogP contribution in [-0.4, -0.2) is 61.2 Å². The van der Waals surface area contributed by atoms with Gasteiger partial charge in [0.05, 0.1) is 12.7 Å². The van der Waals surface area contributed by atoms with Gasteiger partial charge >= 0.3 is 0 Å². The zero-order valence-corrected chi connectivity index (χ0v) is 12.3. The van der Waals surface area contributed by atoms with Crippen molar-refractivity contribution in [2.75, 3.05) is 34.3 Å². The Morgan fingerprint density at radius 2 is 2.05 bits per heavy atom. The van der Waals surface area contributed by atoms with Crippen molar-refractivity contribution in [1.29, 1.82) is 0 Å². The molecule has 0 bridgehead atoms. The van der Waals surface area contributed by atoms with Crippen LogP contribution < -0.4 is 4.74 Å². The number of rotatable bonds is 3. The van der Waals surface area contributed by atoms with Gasteiger partial charge in [0.15, 0.2) is 0 Å². The number of carbonyl (C=O) groups is 1. The first-order valence-electron chi connectivity index (χ1n) is 6.85. The number of likely N-dealkylation sites (tertiary alicyclic amines) is 1. The Kier molecular flexibility index (Phi) is 4.49. The van der Waals surface area contributed by atoms with Gasteiger partial charge in [-0.2, -0.15) is 0 Å². The summed E-state index contributed by atoms with van der Waals surface area (Å²) in [7, 11) is 5.44. The lowest BCUT2D eigenvalue weighted by atomic mass is 10.0. The number of amides is 1. The molecule has 1 aromatic carbocycles. The molecule has 1 aliphatic rings. The number of piperidine rings is 1. The van der Waals surface area contributed by atoms with E-state index in [1.165, 1.54) is 6.07 Å². The standard InChI is InChI=1S/C15H22N2O3/c1-16-8-6-11(7-9-16)17(2)15(19)13-10-12(20-3)4-5-14(13)18/h4-5,10-11,18H,6-9H2,1-3H3. The highest BCUT2D eigenvalue weighted by atomic mass is 16.5. The third-order valence-electron chi connectivity index (χ3n) is 3.99. The smallest absolute Gasteiger partial charge is 0.257 e. The van der Waals surface area contributed by atoms with Crippen LogP contribution >= 0.6 is 0 Å². The van der Waals surface area contributed by atoms with Crippen molar-refractivity contribution in [3.05, 3.63) is 23.8 Å². The summed E-state index contributed by atoms with van der Waals surface area (Å²) in [4.78, 5) is 16.5. The maximum absolute atomic E-state index is 12.5. The van der Waals surface area contributed by atoms with Gasteiger partial charge in [-0.15, -0.1) is 0 Å². The van der Waals surface area contributed by atoms with E-state index in [9.17, 15) is 9.90 Å². The molecule has 1 heterocycles. The summed E-state index contributed by atoms with van der Waals surface area (Å²) in [6, 6.07) is 4.95. The quantitative estimate of drug-likeness (QED) is 0.912. The van der Waals surface area contributed by atoms with E-state index >= 15 is 0 Å². The molecule has 1 amide bonds. The number of nitrogens with zero attached hydrogens (tertiary/aromatic N) is 2. The van der Waals surface area contributed by atoms with Crippen LogP contribution in [0.25, 0.3) is 0 Å². The van der Waals surface area contributed by atoms with Crippen molar-refractivity contribution in [3.63, 3.8) is 0 Å². The lowest BCUT2D eigenvalue weighted by Gasteiger charge is -2.35. The van der Waals surface area contributed by atoms with Crippen LogP contribution in [0.5, 0.6) is 11.5 Å². The highest BCUT2D eigenvalue weighted by Gasteiger charge is 2.26. The van der Waals surface area contributed by atoms with E-state index in [0.717, 1.165) is 25.9 Å². The predicted octanol–water partition coefficient (Wildman–Crippen LogP) is 1.57. The van der Waals surface area contributed by atoms with E-state index in [1.54, 1.807) is 31.2 Å². The number of phenolic OH excluding ortho intramolecular Hbond substituents is 1. The van der Waals surface area contributed by atoms with Gasteiger partial charge in [-0.1, -0.05) is 0 Å². The highest BCUT2D eigenvalue weighted by Crippen LogP contribution is 2.25. The lowest BCUT2D eigenvalue weighted by Crippen LogP contribution is -2.44. The molecule has 110 valence electrons. The Morgan fingerprint density at radius 3 is 2.65 bits per heavy atom. The molecule has 20 heavy (non-hydrogen) atoms. The molecular formula is C15H22N2O3. The van der Waals surface area contributed by atoms with Crippen LogP contribution in [0, 0.1) is 0 Å². The van der Waals surface area contributed by atoms with E-state index in [-0.39, 0.29) is 17.7 Å². The molecule has 1 saturated heterocycles. The van der Waals surface area contributed by atoms with Crippen LogP contribution in [0.3, 0.4) is 0 Å². The number of ether oxygens (including phenoxy) is 1. The molecule has 0 unspecified atom stereocenters. The van der Waals surface area contributed by atoms with Crippen LogP contribution in [-0.2, 0) is 0 Å². The van der Waals surface area contributed by atoms with E-state index < -0.39 is 0 Å². The van der Waals surface area contributed by atoms with Crippen molar-refractivity contribution >= 4 is 5.91 Å². The van der Waals surface area contributed by atoms with Crippen molar-refractivity contribution < 1.29 is 14.6 Å². The molecule has 0 saturated carbocycles. The lowest BCUT2D eigenvalue weighted by molar-refractivity contribution is 0.0656. The number of benzene rings is 1. The number of methoxy groups -OCH3 is 1. The third kappa shape index (κ3) is 3.04. The zero-order chi connectivity index (χ0) is 14.7. The first-order valence-corrected chi connectivity index (χ1v) is 6.85. The summed E-state index contributed by atoms with van der Waals surface area (Å²) in [5.41, 5.74) is 0.297. The predicted molar refractivity (Wildman–Crippen MR) is 77.3 cm³/mol. The molecule has 0 spiro atoms. The second-order valence-electron chi connectivity index (χ2n) is 5.33. The van der Waals surface area contributed by atoms with Crippen LogP contribution in [0.2, 0.25) is 0 Å². The minimum Gasteiger partial charge on any atom is -0.507 e. The summed E-state index contributed by atoms with van der Waals surface area (Å²) >= 11 is 0. The summed E-state index contributed by atoms with van der Waals surface area (Å²) in [5.74, 6) is 0.412. The number of aromatic hydroxyl groups is 1. The summed E-state index contributed by atoms with van der Waals surface area (Å²) in [6.07, 6.45) is 1.92. The van der Waals surface area contributed by atoms with E-state index in [2.05, 4.69) is 11.9 Å². The molecule has 0 radical (unpaired) electrons. The summed E-state index contributed by atoms with van der Waals surface area (Å²) < 4.78 is 5.11. The first-order chi connectivity index (χ1) is 9.52. The molecule has 0 aliphatic carbocycles. The highest BCUT2D eigenvalue weighted by molar-refractivity contribution is 5.97. The van der Waals surface area contributed by atoms with E-state index in [0.29, 0.717) is 11.3 Å². The maximum atomic E-state index is 12.5. The fourth-order valence-electron chi connectivity index (χ4n) is 2.55. The molecule has 1 fully saturated rings. The normalized spacial score (nSPS) is 16.9. The van der Waals surface area contributed by atoms with Crippen molar-refractivity contribution in [1.82, 2.24) is 9.80 Å². The minimum atomic E-state index is -0.157. The third-order valence-corrected chi connectivity index (χ3v) is 3.99. The molecule has 1 aliphatic heterocycles. The van der Waals surface area contributed by atoms with Crippen molar-refractivity contribution in [2.24, 2.45) is 0 Å². The Labute approximate surface area is 119 Å². The molecule has 5 heteroatoms. The summed E-state index contributed by atoms with van der Waals surface area (Å²) in [6.45, 7) is 1.98. The first kappa shape index (κ1) is 14.7. The summed E-state index contributed by atoms with van der Waals surface area (Å²) in [5, 5.41) is 9.88. The number of hydrogen-bond donors (Lipinski definition) is 1. The Bertz CT molecular complexity index is 482. The van der Waals surface area contributed by atoms with Gasteiger partial charge in [0.25, 0.3) is 5.91 Å². The van der Waals surface area contributed by atoms with Gasteiger partial charge in [-0.05, 0) is 51.2 Å². The van der Waals surface area contributed by atoms with Gasteiger partial charge in [-0.3, -0.25) is 4.79 Å².